The molecule has 0 bridgehead atoms. The zero-order valence-corrected chi connectivity index (χ0v) is 9.94. The van der Waals surface area contributed by atoms with Crippen molar-refractivity contribution in [2.24, 2.45) is 0 Å². The Morgan fingerprint density at radius 1 is 1.28 bits per heavy atom. The van der Waals surface area contributed by atoms with Gasteiger partial charge in [-0.3, -0.25) is 5.10 Å². The Morgan fingerprint density at radius 2 is 2.28 bits per heavy atom. The van der Waals surface area contributed by atoms with Crippen LogP contribution in [0.15, 0.2) is 18.5 Å². The first-order valence-electron chi connectivity index (χ1n) is 6.31. The number of nitrogens with zero attached hydrogens (tertiary/aromatic N) is 2. The van der Waals surface area contributed by atoms with E-state index in [1.165, 1.54) is 17.5 Å². The first kappa shape index (κ1) is 10.1. The van der Waals surface area contributed by atoms with Crippen molar-refractivity contribution in [1.82, 2.24) is 20.2 Å². The number of hydrogen-bond acceptors (Lipinski definition) is 3. The van der Waals surface area contributed by atoms with Gasteiger partial charge in [0.1, 0.15) is 0 Å². The van der Waals surface area contributed by atoms with Crippen LogP contribution in [0.4, 0.5) is 0 Å². The predicted octanol–water partition coefficient (Wildman–Crippen LogP) is 2.33. The minimum Gasteiger partial charge on any atom is -0.381 e. The van der Waals surface area contributed by atoms with Crippen LogP contribution in [0.25, 0.3) is 21.9 Å². The fourth-order valence-corrected chi connectivity index (χ4v) is 2.82. The van der Waals surface area contributed by atoms with Gasteiger partial charge in [-0.2, -0.15) is 0 Å². The Balaban J connectivity index is 1.96. The largest absolute Gasteiger partial charge is 0.381 e. The Morgan fingerprint density at radius 3 is 3.17 bits per heavy atom. The van der Waals surface area contributed by atoms with E-state index in [0.717, 1.165) is 36.2 Å². The zero-order chi connectivity index (χ0) is 11.9. The van der Waals surface area contributed by atoms with E-state index in [1.807, 2.05) is 18.5 Å². The number of nitrogens with one attached hydrogen (secondary N) is 2. The summed E-state index contributed by atoms with van der Waals surface area (Å²) in [5.74, 6) is 0.438. The topological polar surface area (TPSA) is 66.6 Å². The second-order valence-corrected chi connectivity index (χ2v) is 4.81. The van der Waals surface area contributed by atoms with Crippen LogP contribution in [-0.2, 0) is 4.74 Å². The first-order valence-corrected chi connectivity index (χ1v) is 6.31. The number of H-pyrrole nitrogens is 2. The average molecular weight is 242 g/mol. The molecule has 0 spiro atoms. The summed E-state index contributed by atoms with van der Waals surface area (Å²) in [7, 11) is 0. The van der Waals surface area contributed by atoms with Crippen LogP contribution >= 0.6 is 0 Å². The molecule has 4 heterocycles. The van der Waals surface area contributed by atoms with Gasteiger partial charge in [-0.1, -0.05) is 0 Å². The normalized spacial score (nSPS) is 20.8. The first-order chi connectivity index (χ1) is 8.93. The van der Waals surface area contributed by atoms with Crippen LogP contribution < -0.4 is 0 Å². The predicted molar refractivity (Wildman–Crippen MR) is 68.5 cm³/mol. The number of aromatic amines is 2. The fourth-order valence-electron chi connectivity index (χ4n) is 2.82. The molecule has 18 heavy (non-hydrogen) atoms. The smallest absolute Gasteiger partial charge is 0.159 e. The third-order valence-electron chi connectivity index (χ3n) is 3.70. The molecule has 5 nitrogen and oxygen atoms in total. The van der Waals surface area contributed by atoms with Gasteiger partial charge in [0.25, 0.3) is 0 Å². The molecule has 92 valence electrons. The summed E-state index contributed by atoms with van der Waals surface area (Å²) < 4.78 is 5.58. The second-order valence-electron chi connectivity index (χ2n) is 4.81. The van der Waals surface area contributed by atoms with E-state index in [-0.39, 0.29) is 0 Å². The van der Waals surface area contributed by atoms with Gasteiger partial charge in [0.2, 0.25) is 0 Å². The van der Waals surface area contributed by atoms with Crippen LogP contribution in [0.3, 0.4) is 0 Å². The highest BCUT2D eigenvalue weighted by molar-refractivity contribution is 6.04. The van der Waals surface area contributed by atoms with Crippen molar-refractivity contribution in [3.05, 3.63) is 24.2 Å². The number of fused-ring (bicyclic) bond motifs is 3. The molecule has 1 aliphatic rings. The highest BCUT2D eigenvalue weighted by atomic mass is 16.5. The summed E-state index contributed by atoms with van der Waals surface area (Å²) in [6.45, 7) is 1.68. The fraction of sp³-hybridized carbons (Fsp3) is 0.385. The van der Waals surface area contributed by atoms with Gasteiger partial charge >= 0.3 is 0 Å². The van der Waals surface area contributed by atoms with Gasteiger partial charge in [-0.05, 0) is 18.9 Å². The standard InChI is InChI=1S/C13H14N4O/c1-2-8(7-18-5-1)12-11-9-3-4-14-13(9)15-6-10(11)16-17-12/h3-4,6,8,16-17H,1-2,5,7H2/t8-/m1/s1. The van der Waals surface area contributed by atoms with Crippen LogP contribution in [-0.4, -0.2) is 33.4 Å². The molecule has 0 unspecified atom stereocenters. The molecule has 0 radical (unpaired) electrons. The number of hydrogen-bond donors (Lipinski definition) is 2. The van der Waals surface area contributed by atoms with Crippen molar-refractivity contribution in [1.29, 1.82) is 0 Å². The number of rotatable bonds is 1. The molecule has 1 fully saturated rings. The summed E-state index contributed by atoms with van der Waals surface area (Å²) in [5, 5.41) is 8.82. The summed E-state index contributed by atoms with van der Waals surface area (Å²) in [6, 6.07) is 2.03. The lowest BCUT2D eigenvalue weighted by molar-refractivity contribution is 0.0796. The van der Waals surface area contributed by atoms with E-state index in [4.69, 9.17) is 4.74 Å². The van der Waals surface area contributed by atoms with Crippen LogP contribution in [0.1, 0.15) is 24.5 Å². The monoisotopic (exact) mass is 242 g/mol. The number of pyridine rings is 1. The molecule has 1 aliphatic heterocycles. The molecule has 1 atom stereocenters. The van der Waals surface area contributed by atoms with Crippen LogP contribution in [0, 0.1) is 0 Å². The van der Waals surface area contributed by atoms with E-state index in [1.54, 1.807) is 0 Å². The molecule has 3 aromatic heterocycles. The molecule has 4 rings (SSSR count). The molecule has 0 amide bonds. The molecular formula is C13H14N4O. The Bertz CT molecular complexity index is 693. The van der Waals surface area contributed by atoms with Gasteiger partial charge in [0.05, 0.1) is 18.3 Å². The summed E-state index contributed by atoms with van der Waals surface area (Å²) in [5.41, 5.74) is 3.08. The van der Waals surface area contributed by atoms with Gasteiger partial charge in [-0.25, -0.2) is 9.97 Å². The van der Waals surface area contributed by atoms with Crippen molar-refractivity contribution in [2.75, 3.05) is 13.2 Å². The zero-order valence-electron chi connectivity index (χ0n) is 9.94. The van der Waals surface area contributed by atoms with E-state index in [0.29, 0.717) is 5.92 Å². The van der Waals surface area contributed by atoms with E-state index in [2.05, 4.69) is 20.2 Å². The van der Waals surface area contributed by atoms with Gasteiger partial charge in [0.15, 0.2) is 5.65 Å². The van der Waals surface area contributed by atoms with Crippen molar-refractivity contribution >= 4 is 21.9 Å². The van der Waals surface area contributed by atoms with Crippen molar-refractivity contribution in [3.8, 4) is 0 Å². The van der Waals surface area contributed by atoms with Gasteiger partial charge in [0, 0.05) is 35.2 Å². The quantitative estimate of drug-likeness (QED) is 0.688. The molecule has 3 aromatic rings. The summed E-state index contributed by atoms with van der Waals surface area (Å²) >= 11 is 0. The van der Waals surface area contributed by atoms with E-state index in [9.17, 15) is 0 Å². The third-order valence-corrected chi connectivity index (χ3v) is 3.70. The molecule has 0 aromatic carbocycles. The maximum absolute atomic E-state index is 5.58. The highest BCUT2D eigenvalue weighted by Gasteiger charge is 2.21. The molecule has 0 saturated carbocycles. The lowest BCUT2D eigenvalue weighted by Crippen LogP contribution is -2.16. The van der Waals surface area contributed by atoms with Gasteiger partial charge in [-0.15, -0.1) is 0 Å². The van der Waals surface area contributed by atoms with Crippen LogP contribution in [0.5, 0.6) is 0 Å². The summed E-state index contributed by atoms with van der Waals surface area (Å²) in [4.78, 5) is 8.60. The Labute approximate surface area is 104 Å². The lowest BCUT2D eigenvalue weighted by atomic mass is 9.95. The lowest BCUT2D eigenvalue weighted by Gasteiger charge is -2.21. The van der Waals surface area contributed by atoms with E-state index < -0.39 is 0 Å². The Hall–Kier alpha value is -1.88. The van der Waals surface area contributed by atoms with E-state index >= 15 is 0 Å². The maximum atomic E-state index is 5.58. The number of ether oxygens (including phenoxy) is 1. The number of aromatic nitrogens is 4. The van der Waals surface area contributed by atoms with Crippen molar-refractivity contribution < 1.29 is 4.74 Å². The Kier molecular flexibility index (Phi) is 2.14. The third kappa shape index (κ3) is 1.37. The van der Waals surface area contributed by atoms with Crippen molar-refractivity contribution in [2.45, 2.75) is 18.8 Å². The minimum absolute atomic E-state index is 0.438. The molecular weight excluding hydrogens is 228 g/mol. The molecule has 5 heteroatoms. The molecule has 0 aliphatic carbocycles. The maximum Gasteiger partial charge on any atom is 0.159 e. The van der Waals surface area contributed by atoms with Crippen molar-refractivity contribution in [3.63, 3.8) is 0 Å². The van der Waals surface area contributed by atoms with Crippen LogP contribution in [0.2, 0.25) is 0 Å². The molecule has 2 N–H and O–H groups in total. The minimum atomic E-state index is 0.438. The summed E-state index contributed by atoms with van der Waals surface area (Å²) in [6.07, 6.45) is 5.94. The average Bonchev–Trinajstić information content (AvgIpc) is 3.05. The van der Waals surface area contributed by atoms with Gasteiger partial charge < -0.3 is 9.84 Å². The highest BCUT2D eigenvalue weighted by Crippen LogP contribution is 2.32. The SMILES string of the molecule is c1cc2c(n1)ncc1[nH][nH]c([C@@H]3CCCOC3)c12. The second kappa shape index (κ2) is 3.81. The molecule has 1 saturated heterocycles.